The molecule has 392 valence electrons. The maximum atomic E-state index is 13.3. The zero-order valence-corrected chi connectivity index (χ0v) is 43.9. The highest BCUT2D eigenvalue weighted by molar-refractivity contribution is 6.53. The van der Waals surface area contributed by atoms with Crippen LogP contribution in [0.5, 0.6) is 0 Å². The van der Waals surface area contributed by atoms with Crippen molar-refractivity contribution in [3.63, 3.8) is 0 Å². The largest absolute Gasteiger partial charge is 0.389 e. The van der Waals surface area contributed by atoms with Crippen molar-refractivity contribution in [2.75, 3.05) is 10.6 Å². The van der Waals surface area contributed by atoms with E-state index in [-0.39, 0.29) is 18.2 Å². The quantitative estimate of drug-likeness (QED) is 0.0521. The number of aromatic amines is 3. The van der Waals surface area contributed by atoms with Crippen LogP contribution in [0, 0.1) is 0 Å². The first-order valence-electron chi connectivity index (χ1n) is 26.2. The molecule has 4 aliphatic rings. The average molecular weight is 1080 g/mol. The van der Waals surface area contributed by atoms with Gasteiger partial charge in [0.1, 0.15) is 10.3 Å². The molecular weight excluding hydrogens is 1030 g/mol. The topological polar surface area (TPSA) is 189 Å². The molecule has 13 nitrogen and oxygen atoms in total. The minimum Gasteiger partial charge on any atom is -0.389 e. The molecule has 14 rings (SSSR count). The lowest BCUT2D eigenvalue weighted by Crippen LogP contribution is -2.23. The molecule has 6 aromatic carbocycles. The van der Waals surface area contributed by atoms with Crippen LogP contribution >= 0.6 is 23.2 Å². The average Bonchev–Trinajstić information content (AvgIpc) is 4.52. The Bertz CT molecular complexity index is 4150. The summed E-state index contributed by atoms with van der Waals surface area (Å²) in [5.41, 5.74) is 9.54. The van der Waals surface area contributed by atoms with E-state index >= 15 is 0 Å². The number of aliphatic hydroxyl groups excluding tert-OH is 1. The third kappa shape index (κ3) is 9.84. The van der Waals surface area contributed by atoms with Crippen molar-refractivity contribution >= 4 is 124 Å². The predicted octanol–water partition coefficient (Wildman–Crippen LogP) is 12.8. The number of carbonyl (C=O) groups excluding carboxylic acids is 4. The Morgan fingerprint density at radius 2 is 0.911 bits per heavy atom. The number of imide groups is 2. The Morgan fingerprint density at radius 1 is 0.456 bits per heavy atom. The number of halogens is 2. The minimum absolute atomic E-state index is 0.0160. The van der Waals surface area contributed by atoms with Gasteiger partial charge in [-0.2, -0.15) is 0 Å². The monoisotopic (exact) mass is 1080 g/mol. The van der Waals surface area contributed by atoms with Gasteiger partial charge in [-0.3, -0.25) is 29.8 Å². The highest BCUT2D eigenvalue weighted by Gasteiger charge is 2.38. The summed E-state index contributed by atoms with van der Waals surface area (Å²) < 4.78 is 2.09. The lowest BCUT2D eigenvalue weighted by molar-refractivity contribution is -0.124. The number of amides is 4. The van der Waals surface area contributed by atoms with Crippen LogP contribution in [0.4, 0.5) is 11.4 Å². The molecular formula is C64H52Cl2N8O5. The summed E-state index contributed by atoms with van der Waals surface area (Å²) in [6, 6.07) is 51.7. The van der Waals surface area contributed by atoms with Gasteiger partial charge in [-0.1, -0.05) is 157 Å². The highest BCUT2D eigenvalue weighted by Crippen LogP contribution is 2.45. The van der Waals surface area contributed by atoms with Crippen LogP contribution in [0.25, 0.3) is 65.9 Å². The summed E-state index contributed by atoms with van der Waals surface area (Å²) in [5, 5.41) is 25.4. The molecule has 0 fully saturated rings. The number of allylic oxidation sites excluding steroid dienone is 1. The van der Waals surface area contributed by atoms with Gasteiger partial charge >= 0.3 is 0 Å². The first-order chi connectivity index (χ1) is 38.6. The minimum atomic E-state index is -0.443. The van der Waals surface area contributed by atoms with E-state index in [0.29, 0.717) is 60.9 Å². The fraction of sp³-hybridized carbons (Fsp3) is 0.125. The van der Waals surface area contributed by atoms with Crippen molar-refractivity contribution in [3.8, 4) is 0 Å². The normalized spacial score (nSPS) is 19.0. The van der Waals surface area contributed by atoms with Gasteiger partial charge in [-0.05, 0) is 74.2 Å². The van der Waals surface area contributed by atoms with Gasteiger partial charge in [-0.25, -0.2) is 0 Å². The van der Waals surface area contributed by atoms with Gasteiger partial charge in [0.05, 0.1) is 40.0 Å². The zero-order valence-electron chi connectivity index (χ0n) is 42.4. The number of hydrogen-bond donors (Lipinski definition) is 8. The molecule has 4 atom stereocenters. The van der Waals surface area contributed by atoms with Crippen LogP contribution in [-0.4, -0.2) is 66.4 Å². The van der Waals surface area contributed by atoms with E-state index in [9.17, 15) is 24.3 Å². The third-order valence-electron chi connectivity index (χ3n) is 14.9. The van der Waals surface area contributed by atoms with Crippen LogP contribution in [0.1, 0.15) is 54.0 Å². The second kappa shape index (κ2) is 21.7. The number of hydrogen-bond acceptors (Lipinski definition) is 7. The first kappa shape index (κ1) is 50.7. The number of carbonyl (C=O) groups is 4. The predicted molar refractivity (Wildman–Crippen MR) is 316 cm³/mol. The number of H-pyrrole nitrogens is 3. The van der Waals surface area contributed by atoms with Gasteiger partial charge in [0.15, 0.2) is 0 Å². The Morgan fingerprint density at radius 3 is 1.44 bits per heavy atom. The van der Waals surface area contributed by atoms with Crippen LogP contribution < -0.4 is 21.3 Å². The van der Waals surface area contributed by atoms with E-state index in [0.717, 1.165) is 80.7 Å². The number of benzene rings is 6. The molecule has 2 aliphatic carbocycles. The van der Waals surface area contributed by atoms with Crippen LogP contribution in [0.2, 0.25) is 10.3 Å². The molecule has 0 radical (unpaired) electrons. The van der Waals surface area contributed by atoms with E-state index in [2.05, 4.69) is 77.2 Å². The Hall–Kier alpha value is -9.14. The van der Waals surface area contributed by atoms with E-state index in [1.54, 1.807) is 12.4 Å². The van der Waals surface area contributed by atoms with Crippen molar-refractivity contribution < 1.29 is 24.3 Å². The summed E-state index contributed by atoms with van der Waals surface area (Å²) in [7, 11) is 0. The number of para-hydroxylation sites is 6. The number of aromatic nitrogens is 4. The second-order valence-electron chi connectivity index (χ2n) is 19.8. The molecule has 0 bridgehead atoms. The SMILES string of the molecule is O=C1NC(=O)C(c2c(Cl)[nH]c3ccccc23)=C1c1c[nH]c2ccccc12.O=C1NC(=O)C(c2c(Cl)n(C3C=C[C@H](Nc4ccccc4)CC3)c3ccccc23)=C1c1c[nH]c2ccccc12.O[C@@H]1C=C[C@H](Nc2ccccc2)CC1. The van der Waals surface area contributed by atoms with Crippen LogP contribution in [-0.2, 0) is 19.2 Å². The van der Waals surface area contributed by atoms with Crippen molar-refractivity contribution in [1.82, 2.24) is 30.2 Å². The standard InChI is InChI=1S/C32H25ClN4O2.C20H12ClN3O2.C12H15NO/c33-30-27(29-28(31(38)36-32(29)39)24-18-34-25-12-6-4-10-22(24)25)23-11-5-7-13-26(23)37(30)21-16-14-20(15-17-21)35-19-8-2-1-3-9-19;21-18-15(11-6-2-4-8-14(11)23-18)17-16(19(25)24-20(17)26)12-9-22-13-7-3-1-5-10(12)13;14-12-8-6-11(7-9-12)13-10-4-2-1-3-5-10/h1-14,16,18,20-21,34-35H,15,17H2,(H,36,38,39);1-9,22-23H,(H,24,25,26);1-6,8,11-14H,7,9H2/t20-,21?;;11-,12+/m0.0/s1. The zero-order chi connectivity index (χ0) is 54.1. The third-order valence-corrected chi connectivity index (χ3v) is 15.5. The molecule has 8 N–H and O–H groups in total. The summed E-state index contributed by atoms with van der Waals surface area (Å²) >= 11 is 13.6. The van der Waals surface area contributed by atoms with Crippen LogP contribution in [0.3, 0.4) is 0 Å². The van der Waals surface area contributed by atoms with Crippen molar-refractivity contribution in [2.45, 2.75) is 49.9 Å². The van der Waals surface area contributed by atoms with Gasteiger partial charge in [0.2, 0.25) is 0 Å². The Labute approximate surface area is 463 Å². The molecule has 4 aromatic heterocycles. The first-order valence-corrected chi connectivity index (χ1v) is 26.9. The number of nitrogens with zero attached hydrogens (tertiary/aromatic N) is 1. The smallest absolute Gasteiger partial charge is 0.259 e. The molecule has 0 saturated heterocycles. The lowest BCUT2D eigenvalue weighted by Gasteiger charge is -2.26. The summed E-state index contributed by atoms with van der Waals surface area (Å²) in [6.45, 7) is 0. The molecule has 1 unspecified atom stereocenters. The van der Waals surface area contributed by atoms with E-state index in [1.807, 2.05) is 146 Å². The second-order valence-corrected chi connectivity index (χ2v) is 20.5. The summed E-state index contributed by atoms with van der Waals surface area (Å²) in [4.78, 5) is 61.2. The fourth-order valence-electron chi connectivity index (χ4n) is 11.2. The number of fused-ring (bicyclic) bond motifs is 4. The van der Waals surface area contributed by atoms with Crippen molar-refractivity contribution in [3.05, 3.63) is 227 Å². The van der Waals surface area contributed by atoms with E-state index in [1.165, 1.54) is 0 Å². The molecule has 10 aromatic rings. The van der Waals surface area contributed by atoms with Gasteiger partial charge < -0.3 is 35.3 Å². The molecule has 2 aliphatic heterocycles. The van der Waals surface area contributed by atoms with Gasteiger partial charge in [0.25, 0.3) is 23.6 Å². The van der Waals surface area contributed by atoms with Crippen LogP contribution in [0.15, 0.2) is 194 Å². The lowest BCUT2D eigenvalue weighted by atomic mass is 9.95. The van der Waals surface area contributed by atoms with Crippen molar-refractivity contribution in [1.29, 1.82) is 0 Å². The Balaban J connectivity index is 0.000000133. The number of nitrogens with one attached hydrogen (secondary N) is 7. The number of aliphatic hydroxyl groups is 1. The summed E-state index contributed by atoms with van der Waals surface area (Å²) in [6.07, 6.45) is 15.2. The molecule has 6 heterocycles. The maximum Gasteiger partial charge on any atom is 0.259 e. The highest BCUT2D eigenvalue weighted by atomic mass is 35.5. The van der Waals surface area contributed by atoms with E-state index in [4.69, 9.17) is 23.2 Å². The van der Waals surface area contributed by atoms with Gasteiger partial charge in [-0.15, -0.1) is 0 Å². The number of rotatable bonds is 9. The fourth-order valence-corrected chi connectivity index (χ4v) is 11.9. The van der Waals surface area contributed by atoms with E-state index < -0.39 is 23.6 Å². The van der Waals surface area contributed by atoms with Gasteiger partial charge in [0, 0.05) is 96.2 Å². The summed E-state index contributed by atoms with van der Waals surface area (Å²) in [5.74, 6) is -1.71. The molecule has 0 saturated carbocycles. The van der Waals surface area contributed by atoms with Crippen molar-refractivity contribution in [2.24, 2.45) is 0 Å². The molecule has 0 spiro atoms. The molecule has 15 heteroatoms. The molecule has 79 heavy (non-hydrogen) atoms. The molecule has 4 amide bonds. The maximum absolute atomic E-state index is 13.3. The number of anilines is 2. The Kier molecular flexibility index (Phi) is 13.9.